The molecular weight excluding hydrogens is 407 g/mol. The number of carbonyl (C=O) groups excluding carboxylic acids is 1. The van der Waals surface area contributed by atoms with Gasteiger partial charge in [0.2, 0.25) is 5.91 Å². The van der Waals surface area contributed by atoms with E-state index in [1.54, 1.807) is 20.1 Å². The Morgan fingerprint density at radius 3 is 2.69 bits per heavy atom. The van der Waals surface area contributed by atoms with Crippen molar-refractivity contribution >= 4 is 11.7 Å². The maximum Gasteiger partial charge on any atom is 0.225 e. The summed E-state index contributed by atoms with van der Waals surface area (Å²) in [7, 11) is 1.59. The van der Waals surface area contributed by atoms with E-state index >= 15 is 0 Å². The molecule has 0 unspecified atom stereocenters. The van der Waals surface area contributed by atoms with Gasteiger partial charge in [0, 0.05) is 38.3 Å². The van der Waals surface area contributed by atoms with Crippen LogP contribution in [0.3, 0.4) is 0 Å². The Labute approximate surface area is 189 Å². The number of hydrogen-bond acceptors (Lipinski definition) is 5. The number of carbonyl (C=O) groups is 1. The maximum atomic E-state index is 14.2. The molecule has 2 aromatic rings. The van der Waals surface area contributed by atoms with Crippen LogP contribution in [0.4, 0.5) is 10.2 Å². The lowest BCUT2D eigenvalue weighted by Crippen LogP contribution is -2.54. The van der Waals surface area contributed by atoms with Gasteiger partial charge in [-0.2, -0.15) is 5.26 Å². The van der Waals surface area contributed by atoms with Crippen LogP contribution < -0.4 is 4.90 Å². The zero-order valence-corrected chi connectivity index (χ0v) is 19.5. The number of ether oxygens (including phenoxy) is 1. The van der Waals surface area contributed by atoms with Crippen molar-refractivity contribution in [1.82, 2.24) is 9.88 Å². The minimum absolute atomic E-state index is 0.00480. The van der Waals surface area contributed by atoms with Crippen LogP contribution in [0.15, 0.2) is 24.3 Å². The molecule has 1 atom stereocenters. The van der Waals surface area contributed by atoms with E-state index in [4.69, 9.17) is 9.72 Å². The average Bonchev–Trinajstić information content (AvgIpc) is 2.78. The number of halogens is 1. The van der Waals surface area contributed by atoms with Crippen LogP contribution in [0.5, 0.6) is 0 Å². The lowest BCUT2D eigenvalue weighted by Gasteiger charge is -2.41. The summed E-state index contributed by atoms with van der Waals surface area (Å²) in [6.45, 7) is 9.99. The van der Waals surface area contributed by atoms with Crippen LogP contribution in [0, 0.1) is 24.1 Å². The Morgan fingerprint density at radius 1 is 1.34 bits per heavy atom. The fourth-order valence-electron chi connectivity index (χ4n) is 4.13. The summed E-state index contributed by atoms with van der Waals surface area (Å²) in [5, 5.41) is 9.88. The smallest absolute Gasteiger partial charge is 0.225 e. The van der Waals surface area contributed by atoms with Crippen LogP contribution in [0.1, 0.15) is 49.9 Å². The molecule has 3 rings (SSSR count). The summed E-state index contributed by atoms with van der Waals surface area (Å²) in [5.41, 5.74) is 3.36. The van der Waals surface area contributed by atoms with Crippen molar-refractivity contribution in [3.8, 4) is 17.2 Å². The van der Waals surface area contributed by atoms with Crippen LogP contribution in [0.2, 0.25) is 0 Å². The Balaban J connectivity index is 1.94. The molecule has 7 heteroatoms. The molecular formula is C25H31FN4O2. The van der Waals surface area contributed by atoms with Crippen molar-refractivity contribution in [3.63, 3.8) is 0 Å². The van der Waals surface area contributed by atoms with Crippen molar-refractivity contribution < 1.29 is 13.9 Å². The average molecular weight is 439 g/mol. The summed E-state index contributed by atoms with van der Waals surface area (Å²) in [6, 6.07) is 9.22. The highest BCUT2D eigenvalue weighted by molar-refractivity contribution is 5.77. The number of nitriles is 1. The van der Waals surface area contributed by atoms with Gasteiger partial charge >= 0.3 is 0 Å². The summed E-state index contributed by atoms with van der Waals surface area (Å²) in [4.78, 5) is 21.3. The van der Waals surface area contributed by atoms with Crippen LogP contribution in [-0.4, -0.2) is 55.2 Å². The molecule has 0 spiro atoms. The SMILES string of the molecule is COCCC(=O)N1CCN(c2nc(C(C)C)c(-c3ccc(C)c(F)c3)cc2C#N)C[C@H]1C. The summed E-state index contributed by atoms with van der Waals surface area (Å²) >= 11 is 0. The standard InChI is InChI=1S/C25H31FN4O2/c1-16(2)24-21(19-7-6-17(3)22(26)13-19)12-20(14-27)25(28-24)29-9-10-30(18(4)15-29)23(31)8-11-32-5/h6-7,12-13,16,18H,8-11,15H2,1-5H3/t18-/m1/s1. The van der Waals surface area contributed by atoms with Gasteiger partial charge in [-0.25, -0.2) is 9.37 Å². The highest BCUT2D eigenvalue weighted by Gasteiger charge is 2.30. The quantitative estimate of drug-likeness (QED) is 0.674. The molecule has 32 heavy (non-hydrogen) atoms. The van der Waals surface area contributed by atoms with Gasteiger partial charge in [0.15, 0.2) is 0 Å². The van der Waals surface area contributed by atoms with Crippen molar-refractivity contribution in [1.29, 1.82) is 5.26 Å². The predicted octanol–water partition coefficient (Wildman–Crippen LogP) is 4.26. The molecule has 1 saturated heterocycles. The molecule has 0 radical (unpaired) electrons. The van der Waals surface area contributed by atoms with Gasteiger partial charge in [-0.05, 0) is 43.0 Å². The highest BCUT2D eigenvalue weighted by Crippen LogP contribution is 2.34. The Bertz CT molecular complexity index is 1030. The number of rotatable bonds is 6. The third-order valence-corrected chi connectivity index (χ3v) is 5.95. The molecule has 2 heterocycles. The zero-order chi connectivity index (χ0) is 23.4. The molecule has 1 fully saturated rings. The molecule has 1 aromatic carbocycles. The predicted molar refractivity (Wildman–Crippen MR) is 123 cm³/mol. The second-order valence-corrected chi connectivity index (χ2v) is 8.65. The monoisotopic (exact) mass is 438 g/mol. The number of hydrogen-bond donors (Lipinski definition) is 0. The number of nitrogens with zero attached hydrogens (tertiary/aromatic N) is 4. The minimum Gasteiger partial charge on any atom is -0.384 e. The van der Waals surface area contributed by atoms with Crippen molar-refractivity contribution in [2.45, 2.75) is 46.1 Å². The molecule has 1 amide bonds. The number of aryl methyl sites for hydroxylation is 1. The van der Waals surface area contributed by atoms with Gasteiger partial charge < -0.3 is 14.5 Å². The van der Waals surface area contributed by atoms with Gasteiger partial charge in [0.25, 0.3) is 0 Å². The van der Waals surface area contributed by atoms with E-state index in [-0.39, 0.29) is 23.7 Å². The van der Waals surface area contributed by atoms with Gasteiger partial charge in [-0.3, -0.25) is 4.79 Å². The van der Waals surface area contributed by atoms with Crippen LogP contribution >= 0.6 is 0 Å². The molecule has 0 aliphatic carbocycles. The lowest BCUT2D eigenvalue weighted by atomic mass is 9.95. The Hall–Kier alpha value is -2.98. The first-order valence-corrected chi connectivity index (χ1v) is 11.0. The van der Waals surface area contributed by atoms with Crippen molar-refractivity contribution in [2.24, 2.45) is 0 Å². The fourth-order valence-corrected chi connectivity index (χ4v) is 4.13. The fraction of sp³-hybridized carbons (Fsp3) is 0.480. The first-order chi connectivity index (χ1) is 15.3. The van der Waals surface area contributed by atoms with Gasteiger partial charge in [-0.15, -0.1) is 0 Å². The molecule has 0 bridgehead atoms. The summed E-state index contributed by atoms with van der Waals surface area (Å²) < 4.78 is 19.3. The largest absolute Gasteiger partial charge is 0.384 e. The van der Waals surface area contributed by atoms with Gasteiger partial charge in [0.1, 0.15) is 17.7 Å². The Morgan fingerprint density at radius 2 is 2.09 bits per heavy atom. The zero-order valence-electron chi connectivity index (χ0n) is 19.5. The minimum atomic E-state index is -0.275. The number of aromatic nitrogens is 1. The van der Waals surface area contributed by atoms with Crippen LogP contribution in [-0.2, 0) is 9.53 Å². The van der Waals surface area contributed by atoms with E-state index in [0.717, 1.165) is 11.3 Å². The third kappa shape index (κ3) is 4.91. The number of piperazine rings is 1. The molecule has 0 saturated carbocycles. The maximum absolute atomic E-state index is 14.2. The van der Waals surface area contributed by atoms with E-state index in [2.05, 4.69) is 11.0 Å². The van der Waals surface area contributed by atoms with Gasteiger partial charge in [-0.1, -0.05) is 26.0 Å². The first-order valence-electron chi connectivity index (χ1n) is 11.0. The number of amides is 1. The topological polar surface area (TPSA) is 69.5 Å². The number of methoxy groups -OCH3 is 1. The van der Waals surface area contributed by atoms with Crippen LogP contribution in [0.25, 0.3) is 11.1 Å². The van der Waals surface area contributed by atoms with Gasteiger partial charge in [0.05, 0.1) is 24.3 Å². The van der Waals surface area contributed by atoms with Crippen molar-refractivity contribution in [2.75, 3.05) is 38.3 Å². The second-order valence-electron chi connectivity index (χ2n) is 8.65. The Kier molecular flexibility index (Phi) is 7.47. The molecule has 1 aliphatic rings. The number of benzene rings is 1. The third-order valence-electron chi connectivity index (χ3n) is 5.95. The molecule has 170 valence electrons. The highest BCUT2D eigenvalue weighted by atomic mass is 19.1. The second kappa shape index (κ2) is 10.1. The van der Waals surface area contributed by atoms with E-state index in [0.29, 0.717) is 55.2 Å². The molecule has 1 aliphatic heterocycles. The normalized spacial score (nSPS) is 16.4. The molecule has 6 nitrogen and oxygen atoms in total. The van der Waals surface area contributed by atoms with E-state index in [1.165, 1.54) is 6.07 Å². The number of anilines is 1. The summed E-state index contributed by atoms with van der Waals surface area (Å²) in [5.74, 6) is 0.522. The molecule has 1 aromatic heterocycles. The first kappa shape index (κ1) is 23.7. The van der Waals surface area contributed by atoms with Crippen molar-refractivity contribution in [3.05, 3.63) is 46.9 Å². The lowest BCUT2D eigenvalue weighted by molar-refractivity contribution is -0.134. The summed E-state index contributed by atoms with van der Waals surface area (Å²) in [6.07, 6.45) is 0.363. The van der Waals surface area contributed by atoms with E-state index in [9.17, 15) is 14.4 Å². The van der Waals surface area contributed by atoms with E-state index in [1.807, 2.05) is 37.8 Å². The molecule has 0 N–H and O–H groups in total. The number of pyridine rings is 1. The van der Waals surface area contributed by atoms with E-state index < -0.39 is 0 Å².